The van der Waals surface area contributed by atoms with Gasteiger partial charge in [0, 0.05) is 35.2 Å². The maximum Gasteiger partial charge on any atom is 0.0465 e. The van der Waals surface area contributed by atoms with Crippen LogP contribution in [0.15, 0.2) is 18.2 Å². The Bertz CT molecular complexity index is 309. The molecule has 0 aromatic heterocycles. The SMILES string of the molecule is CCNCCN(C)Cc1c(Cl)cccc1Cl. The molecule has 0 heterocycles. The molecule has 1 N–H and O–H groups in total. The van der Waals surface area contributed by atoms with Gasteiger partial charge in [0.2, 0.25) is 0 Å². The molecule has 0 atom stereocenters. The minimum atomic E-state index is 0.739. The monoisotopic (exact) mass is 260 g/mol. The number of rotatable bonds is 6. The van der Waals surface area contributed by atoms with Gasteiger partial charge in [-0.15, -0.1) is 0 Å². The Morgan fingerprint density at radius 3 is 2.44 bits per heavy atom. The first-order valence-corrected chi connectivity index (χ1v) is 6.23. The number of likely N-dealkylation sites (N-methyl/N-ethyl adjacent to an activating group) is 2. The fourth-order valence-electron chi connectivity index (χ4n) is 1.48. The number of hydrogen-bond acceptors (Lipinski definition) is 2. The van der Waals surface area contributed by atoms with Gasteiger partial charge < -0.3 is 10.2 Å². The van der Waals surface area contributed by atoms with Crippen LogP contribution in [0, 0.1) is 0 Å². The van der Waals surface area contributed by atoms with Crippen molar-refractivity contribution in [2.45, 2.75) is 13.5 Å². The third kappa shape index (κ3) is 4.30. The lowest BCUT2D eigenvalue weighted by atomic mass is 10.2. The lowest BCUT2D eigenvalue weighted by molar-refractivity contribution is 0.326. The normalized spacial score (nSPS) is 11.1. The summed E-state index contributed by atoms with van der Waals surface area (Å²) in [5.41, 5.74) is 1.00. The predicted molar refractivity (Wildman–Crippen MR) is 71.3 cm³/mol. The fraction of sp³-hybridized carbons (Fsp3) is 0.500. The van der Waals surface area contributed by atoms with E-state index in [0.29, 0.717) is 0 Å². The lowest BCUT2D eigenvalue weighted by Gasteiger charge is -2.18. The van der Waals surface area contributed by atoms with E-state index >= 15 is 0 Å². The first-order valence-electron chi connectivity index (χ1n) is 5.47. The number of nitrogens with one attached hydrogen (secondary N) is 1. The van der Waals surface area contributed by atoms with Crippen LogP contribution in [-0.2, 0) is 6.54 Å². The molecule has 0 bridgehead atoms. The minimum Gasteiger partial charge on any atom is -0.316 e. The molecule has 2 nitrogen and oxygen atoms in total. The van der Waals surface area contributed by atoms with Crippen LogP contribution in [0.4, 0.5) is 0 Å². The van der Waals surface area contributed by atoms with Crippen molar-refractivity contribution in [3.63, 3.8) is 0 Å². The fourth-order valence-corrected chi connectivity index (χ4v) is 2.00. The van der Waals surface area contributed by atoms with Gasteiger partial charge in [0.25, 0.3) is 0 Å². The molecular formula is C12H18Cl2N2. The third-order valence-corrected chi connectivity index (χ3v) is 3.12. The Morgan fingerprint density at radius 1 is 1.25 bits per heavy atom. The summed E-state index contributed by atoms with van der Waals surface area (Å²) in [6, 6.07) is 5.62. The second-order valence-corrected chi connectivity index (χ2v) is 4.61. The predicted octanol–water partition coefficient (Wildman–Crippen LogP) is 3.03. The van der Waals surface area contributed by atoms with Crippen LogP contribution in [0.25, 0.3) is 0 Å². The maximum absolute atomic E-state index is 6.11. The molecule has 16 heavy (non-hydrogen) atoms. The van der Waals surface area contributed by atoms with Gasteiger partial charge in [-0.3, -0.25) is 0 Å². The van der Waals surface area contributed by atoms with Crippen molar-refractivity contribution >= 4 is 23.2 Å². The first-order chi connectivity index (χ1) is 7.65. The van der Waals surface area contributed by atoms with Crippen molar-refractivity contribution in [3.05, 3.63) is 33.8 Å². The van der Waals surface area contributed by atoms with Crippen LogP contribution in [0.3, 0.4) is 0 Å². The molecule has 0 saturated carbocycles. The van der Waals surface area contributed by atoms with Gasteiger partial charge in [0.15, 0.2) is 0 Å². The summed E-state index contributed by atoms with van der Waals surface area (Å²) >= 11 is 12.2. The number of hydrogen-bond donors (Lipinski definition) is 1. The molecule has 0 fully saturated rings. The lowest BCUT2D eigenvalue weighted by Crippen LogP contribution is -2.28. The molecule has 1 rings (SSSR count). The van der Waals surface area contributed by atoms with Gasteiger partial charge in [0.1, 0.15) is 0 Å². The summed E-state index contributed by atoms with van der Waals surface area (Å²) in [4.78, 5) is 2.20. The smallest absolute Gasteiger partial charge is 0.0465 e. The van der Waals surface area contributed by atoms with Crippen LogP contribution >= 0.6 is 23.2 Å². The van der Waals surface area contributed by atoms with E-state index in [1.54, 1.807) is 0 Å². The Morgan fingerprint density at radius 2 is 1.88 bits per heavy atom. The second kappa shape index (κ2) is 7.13. The largest absolute Gasteiger partial charge is 0.316 e. The van der Waals surface area contributed by atoms with E-state index in [-0.39, 0.29) is 0 Å². The molecule has 90 valence electrons. The van der Waals surface area contributed by atoms with Crippen molar-refractivity contribution in [2.24, 2.45) is 0 Å². The van der Waals surface area contributed by atoms with E-state index in [0.717, 1.165) is 41.8 Å². The van der Waals surface area contributed by atoms with E-state index < -0.39 is 0 Å². The highest BCUT2D eigenvalue weighted by Crippen LogP contribution is 2.25. The van der Waals surface area contributed by atoms with Gasteiger partial charge in [-0.2, -0.15) is 0 Å². The van der Waals surface area contributed by atoms with Crippen molar-refractivity contribution in [1.29, 1.82) is 0 Å². The molecule has 1 aromatic rings. The van der Waals surface area contributed by atoms with E-state index in [1.165, 1.54) is 0 Å². The quantitative estimate of drug-likeness (QED) is 0.792. The Hall–Kier alpha value is -0.280. The number of nitrogens with zero attached hydrogens (tertiary/aromatic N) is 1. The third-order valence-electron chi connectivity index (χ3n) is 2.41. The molecule has 0 amide bonds. The zero-order valence-corrected chi connectivity index (χ0v) is 11.3. The molecule has 0 radical (unpaired) electrons. The van der Waals surface area contributed by atoms with E-state index in [2.05, 4.69) is 24.2 Å². The van der Waals surface area contributed by atoms with Gasteiger partial charge in [-0.25, -0.2) is 0 Å². The minimum absolute atomic E-state index is 0.739. The summed E-state index contributed by atoms with van der Waals surface area (Å²) in [6.45, 7) is 5.85. The van der Waals surface area contributed by atoms with Crippen LogP contribution < -0.4 is 5.32 Å². The average Bonchev–Trinajstić information content (AvgIpc) is 2.24. The van der Waals surface area contributed by atoms with E-state index in [4.69, 9.17) is 23.2 Å². The number of benzene rings is 1. The molecule has 0 spiro atoms. The van der Waals surface area contributed by atoms with Crippen LogP contribution in [-0.4, -0.2) is 31.6 Å². The molecule has 1 aromatic carbocycles. The summed E-state index contributed by atoms with van der Waals surface area (Å²) in [5, 5.41) is 4.76. The Balaban J connectivity index is 2.52. The molecular weight excluding hydrogens is 243 g/mol. The summed E-state index contributed by atoms with van der Waals surface area (Å²) < 4.78 is 0. The summed E-state index contributed by atoms with van der Waals surface area (Å²) in [5.74, 6) is 0. The first kappa shape index (κ1) is 13.8. The zero-order valence-electron chi connectivity index (χ0n) is 9.76. The van der Waals surface area contributed by atoms with Gasteiger partial charge in [0.05, 0.1) is 0 Å². The van der Waals surface area contributed by atoms with Gasteiger partial charge in [-0.05, 0) is 25.7 Å². The average molecular weight is 261 g/mol. The molecule has 0 aliphatic carbocycles. The molecule has 4 heteroatoms. The van der Waals surface area contributed by atoms with Crippen molar-refractivity contribution < 1.29 is 0 Å². The van der Waals surface area contributed by atoms with Gasteiger partial charge >= 0.3 is 0 Å². The molecule has 0 aliphatic heterocycles. The molecule has 0 unspecified atom stereocenters. The highest BCUT2D eigenvalue weighted by atomic mass is 35.5. The Kier molecular flexibility index (Phi) is 6.14. The zero-order chi connectivity index (χ0) is 12.0. The van der Waals surface area contributed by atoms with Gasteiger partial charge in [-0.1, -0.05) is 36.2 Å². The second-order valence-electron chi connectivity index (χ2n) is 3.79. The summed E-state index contributed by atoms with van der Waals surface area (Å²) in [7, 11) is 2.07. The number of halogens is 2. The highest BCUT2D eigenvalue weighted by Gasteiger charge is 2.07. The highest BCUT2D eigenvalue weighted by molar-refractivity contribution is 6.35. The van der Waals surface area contributed by atoms with E-state index in [9.17, 15) is 0 Å². The topological polar surface area (TPSA) is 15.3 Å². The van der Waals surface area contributed by atoms with Crippen LogP contribution in [0.2, 0.25) is 10.0 Å². The maximum atomic E-state index is 6.11. The standard InChI is InChI=1S/C12H18Cl2N2/c1-3-15-7-8-16(2)9-10-11(13)5-4-6-12(10)14/h4-6,15H,3,7-9H2,1-2H3. The summed E-state index contributed by atoms with van der Waals surface area (Å²) in [6.07, 6.45) is 0. The van der Waals surface area contributed by atoms with Crippen molar-refractivity contribution in [2.75, 3.05) is 26.7 Å². The van der Waals surface area contributed by atoms with Crippen molar-refractivity contribution in [3.8, 4) is 0 Å². The van der Waals surface area contributed by atoms with Crippen LogP contribution in [0.1, 0.15) is 12.5 Å². The van der Waals surface area contributed by atoms with Crippen LogP contribution in [0.5, 0.6) is 0 Å². The molecule has 0 aliphatic rings. The Labute approximate surface area is 108 Å². The molecule has 0 saturated heterocycles. The van der Waals surface area contributed by atoms with Crippen molar-refractivity contribution in [1.82, 2.24) is 10.2 Å². The van der Waals surface area contributed by atoms with E-state index in [1.807, 2.05) is 18.2 Å².